The maximum Gasteiger partial charge on any atom is 0.313 e. The zero-order valence-corrected chi connectivity index (χ0v) is 11.5. The van der Waals surface area contributed by atoms with Gasteiger partial charge >= 0.3 is 5.97 Å². The van der Waals surface area contributed by atoms with E-state index in [1.807, 2.05) is 6.07 Å². The van der Waals surface area contributed by atoms with Gasteiger partial charge in [-0.05, 0) is 31.5 Å². The van der Waals surface area contributed by atoms with Gasteiger partial charge in [-0.1, -0.05) is 12.1 Å². The Morgan fingerprint density at radius 1 is 1.30 bits per heavy atom. The van der Waals surface area contributed by atoms with Gasteiger partial charge in [0.15, 0.2) is 0 Å². The molecule has 106 valence electrons. The molecule has 0 saturated heterocycles. The molecule has 1 aromatic carbocycles. The first-order valence-electron chi connectivity index (χ1n) is 6.31. The molecule has 5 nitrogen and oxygen atoms in total. The van der Waals surface area contributed by atoms with Crippen LogP contribution in [-0.4, -0.2) is 23.0 Å². The summed E-state index contributed by atoms with van der Waals surface area (Å²) in [6, 6.07) is 8.27. The molecule has 1 N–H and O–H groups in total. The van der Waals surface area contributed by atoms with Crippen molar-refractivity contribution in [2.75, 3.05) is 0 Å². The number of hydrogen-bond acceptors (Lipinski definition) is 5. The lowest BCUT2D eigenvalue weighted by Gasteiger charge is -2.11. The summed E-state index contributed by atoms with van der Waals surface area (Å²) in [6.45, 7) is 3.40. The third-order valence-electron chi connectivity index (χ3n) is 2.55. The number of hydrogen-bond donors (Lipinski definition) is 1. The number of rotatable bonds is 6. The predicted octanol–water partition coefficient (Wildman–Crippen LogP) is 1.89. The molecule has 0 aliphatic carbocycles. The first-order chi connectivity index (χ1) is 9.42. The number of Topliss-reactive ketones (excluding diaryl/α,β-unsaturated/α-hetero) is 1. The molecule has 1 atom stereocenters. The molecular formula is C15H17NO4. The largest absolute Gasteiger partial charge is 0.463 e. The van der Waals surface area contributed by atoms with Crippen molar-refractivity contribution < 1.29 is 19.4 Å². The van der Waals surface area contributed by atoms with Crippen LogP contribution in [0.3, 0.4) is 0 Å². The van der Waals surface area contributed by atoms with Crippen LogP contribution in [0.2, 0.25) is 0 Å². The molecule has 0 radical (unpaired) electrons. The molecule has 1 unspecified atom stereocenters. The van der Waals surface area contributed by atoms with Crippen molar-refractivity contribution in [2.24, 2.45) is 0 Å². The number of aliphatic hydroxyl groups is 1. The summed E-state index contributed by atoms with van der Waals surface area (Å²) in [7, 11) is 0. The summed E-state index contributed by atoms with van der Waals surface area (Å²) >= 11 is 0. The first kappa shape index (κ1) is 15.9. The monoisotopic (exact) mass is 275 g/mol. The van der Waals surface area contributed by atoms with E-state index in [2.05, 4.69) is 0 Å². The number of carbonyl (C=O) groups excluding carboxylic acids is 2. The van der Waals surface area contributed by atoms with Crippen LogP contribution in [0.5, 0.6) is 0 Å². The highest BCUT2D eigenvalue weighted by Gasteiger charge is 2.17. The Labute approximate surface area is 117 Å². The SMILES string of the molecule is CC(C)OC(=O)CC(=O)CC(O)c1ccc(C#N)cc1. The second-order valence-corrected chi connectivity index (χ2v) is 4.71. The van der Waals surface area contributed by atoms with Gasteiger partial charge in [0.1, 0.15) is 12.2 Å². The van der Waals surface area contributed by atoms with Gasteiger partial charge in [0.25, 0.3) is 0 Å². The maximum absolute atomic E-state index is 11.6. The van der Waals surface area contributed by atoms with Crippen LogP contribution in [0.4, 0.5) is 0 Å². The Balaban J connectivity index is 2.52. The van der Waals surface area contributed by atoms with Crippen molar-refractivity contribution in [3.05, 3.63) is 35.4 Å². The maximum atomic E-state index is 11.6. The lowest BCUT2D eigenvalue weighted by atomic mass is 10.0. The topological polar surface area (TPSA) is 87.4 Å². The molecule has 1 aromatic rings. The van der Waals surface area contributed by atoms with E-state index in [4.69, 9.17) is 10.00 Å². The van der Waals surface area contributed by atoms with Gasteiger partial charge in [-0.25, -0.2) is 0 Å². The van der Waals surface area contributed by atoms with Gasteiger partial charge in [-0.3, -0.25) is 9.59 Å². The van der Waals surface area contributed by atoms with Crippen molar-refractivity contribution in [3.63, 3.8) is 0 Å². The average Bonchev–Trinajstić information content (AvgIpc) is 2.37. The van der Waals surface area contributed by atoms with Crippen molar-refractivity contribution in [3.8, 4) is 6.07 Å². The number of benzene rings is 1. The van der Waals surface area contributed by atoms with Crippen molar-refractivity contribution in [1.82, 2.24) is 0 Å². The van der Waals surface area contributed by atoms with E-state index < -0.39 is 12.1 Å². The summed E-state index contributed by atoms with van der Waals surface area (Å²) < 4.78 is 4.86. The zero-order chi connectivity index (χ0) is 15.1. The van der Waals surface area contributed by atoms with Gasteiger partial charge in [0, 0.05) is 6.42 Å². The smallest absolute Gasteiger partial charge is 0.313 e. The standard InChI is InChI=1S/C15H17NO4/c1-10(2)20-15(19)8-13(17)7-14(18)12-5-3-11(9-16)4-6-12/h3-6,10,14,18H,7-8H2,1-2H3. The van der Waals surface area contributed by atoms with Gasteiger partial charge in [0.05, 0.1) is 23.8 Å². The Morgan fingerprint density at radius 3 is 2.40 bits per heavy atom. The first-order valence-corrected chi connectivity index (χ1v) is 6.31. The molecule has 0 heterocycles. The predicted molar refractivity (Wildman–Crippen MR) is 71.6 cm³/mol. The lowest BCUT2D eigenvalue weighted by molar-refractivity contribution is -0.149. The van der Waals surface area contributed by atoms with E-state index in [0.29, 0.717) is 11.1 Å². The van der Waals surface area contributed by atoms with Crippen LogP contribution in [0.25, 0.3) is 0 Å². The summed E-state index contributed by atoms with van der Waals surface area (Å²) in [5.74, 6) is -0.968. The lowest BCUT2D eigenvalue weighted by Crippen LogP contribution is -2.17. The number of nitrogens with zero attached hydrogens (tertiary/aromatic N) is 1. The van der Waals surface area contributed by atoms with Gasteiger partial charge in [-0.15, -0.1) is 0 Å². The highest BCUT2D eigenvalue weighted by Crippen LogP contribution is 2.18. The number of ether oxygens (including phenoxy) is 1. The van der Waals surface area contributed by atoms with Crippen molar-refractivity contribution in [1.29, 1.82) is 5.26 Å². The Morgan fingerprint density at radius 2 is 1.90 bits per heavy atom. The fourth-order valence-electron chi connectivity index (χ4n) is 1.65. The molecule has 0 aliphatic rings. The minimum absolute atomic E-state index is 0.154. The van der Waals surface area contributed by atoms with Gasteiger partial charge in [-0.2, -0.15) is 5.26 Å². The molecule has 20 heavy (non-hydrogen) atoms. The Bertz CT molecular complexity index is 514. The van der Waals surface area contributed by atoms with Crippen LogP contribution < -0.4 is 0 Å². The van der Waals surface area contributed by atoms with Gasteiger partial charge < -0.3 is 9.84 Å². The summed E-state index contributed by atoms with van der Waals surface area (Å²) in [4.78, 5) is 22.9. The van der Waals surface area contributed by atoms with Crippen LogP contribution in [-0.2, 0) is 14.3 Å². The van der Waals surface area contributed by atoms with Crippen molar-refractivity contribution >= 4 is 11.8 Å². The van der Waals surface area contributed by atoms with E-state index >= 15 is 0 Å². The highest BCUT2D eigenvalue weighted by molar-refractivity contribution is 5.95. The number of aliphatic hydroxyl groups excluding tert-OH is 1. The average molecular weight is 275 g/mol. The number of esters is 1. The minimum atomic E-state index is -0.984. The van der Waals surface area contributed by atoms with E-state index in [0.717, 1.165) is 0 Å². The van der Waals surface area contributed by atoms with Crippen LogP contribution in [0, 0.1) is 11.3 Å². The molecule has 0 bridgehead atoms. The molecule has 0 spiro atoms. The Kier molecular flexibility index (Phi) is 5.88. The Hall–Kier alpha value is -2.19. The molecule has 1 rings (SSSR count). The van der Waals surface area contributed by atoms with Gasteiger partial charge in [0.2, 0.25) is 0 Å². The number of carbonyl (C=O) groups is 2. The molecular weight excluding hydrogens is 258 g/mol. The number of nitriles is 1. The minimum Gasteiger partial charge on any atom is -0.463 e. The van der Waals surface area contributed by atoms with E-state index in [1.54, 1.807) is 38.1 Å². The summed E-state index contributed by atoms with van der Waals surface area (Å²) in [5, 5.41) is 18.6. The third-order valence-corrected chi connectivity index (χ3v) is 2.55. The molecule has 0 fully saturated rings. The zero-order valence-electron chi connectivity index (χ0n) is 11.5. The quantitative estimate of drug-likeness (QED) is 0.632. The second-order valence-electron chi connectivity index (χ2n) is 4.71. The molecule has 0 aliphatic heterocycles. The summed E-state index contributed by atoms with van der Waals surface area (Å²) in [6.07, 6.45) is -1.74. The second kappa shape index (κ2) is 7.41. The summed E-state index contributed by atoms with van der Waals surface area (Å²) in [5.41, 5.74) is 1.02. The molecule has 0 amide bonds. The normalized spacial score (nSPS) is 11.8. The number of ketones is 1. The highest BCUT2D eigenvalue weighted by atomic mass is 16.5. The van der Waals surface area contributed by atoms with E-state index in [1.165, 1.54) is 0 Å². The van der Waals surface area contributed by atoms with Crippen molar-refractivity contribution in [2.45, 2.75) is 38.9 Å². The van der Waals surface area contributed by atoms with E-state index in [9.17, 15) is 14.7 Å². The van der Waals surface area contributed by atoms with Crippen LogP contribution >= 0.6 is 0 Å². The third kappa shape index (κ3) is 5.21. The fourth-order valence-corrected chi connectivity index (χ4v) is 1.65. The molecule has 0 saturated carbocycles. The fraction of sp³-hybridized carbons (Fsp3) is 0.400. The van der Waals surface area contributed by atoms with E-state index in [-0.39, 0.29) is 24.7 Å². The molecule has 5 heteroatoms. The van der Waals surface area contributed by atoms with Crippen LogP contribution in [0.15, 0.2) is 24.3 Å². The molecule has 0 aromatic heterocycles. The van der Waals surface area contributed by atoms with Crippen LogP contribution in [0.1, 0.15) is 43.9 Å².